The summed E-state index contributed by atoms with van der Waals surface area (Å²) in [7, 11) is 0. The van der Waals surface area contributed by atoms with Crippen LogP contribution in [0.1, 0.15) is 42.0 Å². The number of carbonyl (C=O) groups excluding carboxylic acids is 1. The van der Waals surface area contributed by atoms with Gasteiger partial charge in [-0.2, -0.15) is 0 Å². The quantitative estimate of drug-likeness (QED) is 0.795. The molecule has 2 N–H and O–H groups in total. The molecule has 0 aliphatic rings. The van der Waals surface area contributed by atoms with Gasteiger partial charge in [-0.15, -0.1) is 11.3 Å². The monoisotopic (exact) mass is 366 g/mol. The molecule has 0 saturated heterocycles. The lowest BCUT2D eigenvalue weighted by Crippen LogP contribution is -2.29. The van der Waals surface area contributed by atoms with Crippen LogP contribution in [0.15, 0.2) is 40.2 Å². The van der Waals surface area contributed by atoms with E-state index in [1.165, 1.54) is 4.88 Å². The second-order valence-corrected chi connectivity index (χ2v) is 7.71. The topological polar surface area (TPSA) is 41.1 Å². The number of amides is 1. The summed E-state index contributed by atoms with van der Waals surface area (Å²) >= 11 is 5.20. The molecule has 5 heteroatoms. The van der Waals surface area contributed by atoms with Crippen LogP contribution in [0, 0.1) is 0 Å². The van der Waals surface area contributed by atoms with E-state index in [2.05, 4.69) is 45.6 Å². The number of hydrogen-bond donors (Lipinski definition) is 2. The minimum atomic E-state index is -0.0354. The van der Waals surface area contributed by atoms with Gasteiger partial charge >= 0.3 is 0 Å². The normalized spacial score (nSPS) is 12.2. The van der Waals surface area contributed by atoms with Crippen molar-refractivity contribution in [1.29, 1.82) is 0 Å². The first-order chi connectivity index (χ1) is 9.95. The molecule has 0 saturated carbocycles. The van der Waals surface area contributed by atoms with Crippen molar-refractivity contribution in [3.05, 3.63) is 50.6 Å². The van der Waals surface area contributed by atoms with Crippen LogP contribution < -0.4 is 10.6 Å². The highest BCUT2D eigenvalue weighted by Gasteiger charge is 2.09. The smallest absolute Gasteiger partial charge is 0.251 e. The second-order valence-electron chi connectivity index (χ2n) is 5.21. The van der Waals surface area contributed by atoms with Crippen LogP contribution in [-0.2, 0) is 0 Å². The Bertz CT molecular complexity index is 607. The fourth-order valence-corrected chi connectivity index (χ4v) is 3.37. The third-order valence-corrected chi connectivity index (χ3v) is 4.78. The number of thiophene rings is 1. The Balaban J connectivity index is 2.00. The van der Waals surface area contributed by atoms with Crippen LogP contribution in [0.4, 0.5) is 5.69 Å². The molecule has 1 amide bonds. The van der Waals surface area contributed by atoms with Crippen molar-refractivity contribution in [3.63, 3.8) is 0 Å². The van der Waals surface area contributed by atoms with Gasteiger partial charge in [0.1, 0.15) is 0 Å². The average molecular weight is 367 g/mol. The number of hydrogen-bond acceptors (Lipinski definition) is 3. The molecule has 0 aliphatic heterocycles. The first-order valence-corrected chi connectivity index (χ1v) is 8.49. The van der Waals surface area contributed by atoms with Crippen molar-refractivity contribution in [1.82, 2.24) is 5.32 Å². The summed E-state index contributed by atoms with van der Waals surface area (Å²) in [6.07, 6.45) is 0. The first-order valence-electron chi connectivity index (χ1n) is 6.88. The predicted molar refractivity (Wildman–Crippen MR) is 93.1 cm³/mol. The molecule has 21 heavy (non-hydrogen) atoms. The third kappa shape index (κ3) is 4.58. The van der Waals surface area contributed by atoms with Gasteiger partial charge in [0.05, 0.1) is 9.83 Å². The molecule has 3 nitrogen and oxygen atoms in total. The van der Waals surface area contributed by atoms with Crippen LogP contribution in [0.2, 0.25) is 0 Å². The Kier molecular flexibility index (Phi) is 5.42. The van der Waals surface area contributed by atoms with E-state index in [-0.39, 0.29) is 18.0 Å². The molecule has 0 bridgehead atoms. The Morgan fingerprint density at radius 1 is 1.10 bits per heavy atom. The van der Waals surface area contributed by atoms with E-state index >= 15 is 0 Å². The molecule has 2 rings (SSSR count). The van der Waals surface area contributed by atoms with Crippen LogP contribution in [0.5, 0.6) is 0 Å². The zero-order chi connectivity index (χ0) is 15.4. The molecule has 1 heterocycles. The number of nitrogens with one attached hydrogen (secondary N) is 2. The fourth-order valence-electron chi connectivity index (χ4n) is 1.95. The van der Waals surface area contributed by atoms with Crippen molar-refractivity contribution >= 4 is 38.9 Å². The van der Waals surface area contributed by atoms with Crippen LogP contribution in [0.3, 0.4) is 0 Å². The van der Waals surface area contributed by atoms with E-state index in [1.54, 1.807) is 11.3 Å². The summed E-state index contributed by atoms with van der Waals surface area (Å²) in [4.78, 5) is 13.1. The van der Waals surface area contributed by atoms with Gasteiger partial charge in [-0.1, -0.05) is 0 Å². The summed E-state index contributed by atoms with van der Waals surface area (Å²) in [6.45, 7) is 6.03. The number of anilines is 1. The summed E-state index contributed by atoms with van der Waals surface area (Å²) in [5.41, 5.74) is 1.69. The van der Waals surface area contributed by atoms with Crippen molar-refractivity contribution in [2.75, 3.05) is 5.32 Å². The van der Waals surface area contributed by atoms with Crippen molar-refractivity contribution < 1.29 is 4.79 Å². The minimum Gasteiger partial charge on any atom is -0.378 e. The van der Waals surface area contributed by atoms with Crippen molar-refractivity contribution in [2.24, 2.45) is 0 Å². The lowest BCUT2D eigenvalue weighted by atomic mass is 10.1. The van der Waals surface area contributed by atoms with Gasteiger partial charge in [0.15, 0.2) is 0 Å². The van der Waals surface area contributed by atoms with Gasteiger partial charge in [-0.3, -0.25) is 4.79 Å². The zero-order valence-corrected chi connectivity index (χ0v) is 14.7. The van der Waals surface area contributed by atoms with Gasteiger partial charge in [-0.05, 0) is 73.1 Å². The van der Waals surface area contributed by atoms with Crippen LogP contribution >= 0.6 is 27.3 Å². The molecule has 0 aliphatic carbocycles. The molecular formula is C16H19BrN2OS. The van der Waals surface area contributed by atoms with Crippen LogP contribution in [0.25, 0.3) is 0 Å². The molecule has 1 aromatic heterocycles. The lowest BCUT2D eigenvalue weighted by molar-refractivity contribution is 0.0943. The second kappa shape index (κ2) is 7.09. The summed E-state index contributed by atoms with van der Waals surface area (Å²) in [5.74, 6) is -0.0354. The van der Waals surface area contributed by atoms with Crippen molar-refractivity contribution in [3.8, 4) is 0 Å². The van der Waals surface area contributed by atoms with Gasteiger partial charge in [-0.25, -0.2) is 0 Å². The Labute approximate surface area is 137 Å². The number of halogens is 1. The molecule has 1 atom stereocenters. The van der Waals surface area contributed by atoms with Crippen molar-refractivity contribution in [2.45, 2.75) is 32.9 Å². The summed E-state index contributed by atoms with van der Waals surface area (Å²) in [6, 6.07) is 12.1. The molecule has 1 aromatic carbocycles. The van der Waals surface area contributed by atoms with E-state index in [4.69, 9.17) is 0 Å². The van der Waals surface area contributed by atoms with Gasteiger partial charge < -0.3 is 10.6 Å². The molecular weight excluding hydrogens is 348 g/mol. The fraction of sp³-hybridized carbons (Fsp3) is 0.312. The zero-order valence-electron chi connectivity index (χ0n) is 12.3. The largest absolute Gasteiger partial charge is 0.378 e. The van der Waals surface area contributed by atoms with E-state index in [0.29, 0.717) is 5.56 Å². The van der Waals surface area contributed by atoms with E-state index < -0.39 is 0 Å². The van der Waals surface area contributed by atoms with Gasteiger partial charge in [0.2, 0.25) is 0 Å². The van der Waals surface area contributed by atoms with E-state index in [1.807, 2.05) is 38.1 Å². The SMILES string of the molecule is CC(C)NC(=O)c1ccc(NC(C)c2ccc(Br)s2)cc1. The highest BCUT2D eigenvalue weighted by Crippen LogP contribution is 2.29. The maximum absolute atomic E-state index is 11.9. The van der Waals surface area contributed by atoms with Gasteiger partial charge in [0, 0.05) is 22.2 Å². The highest BCUT2D eigenvalue weighted by atomic mass is 79.9. The number of benzene rings is 1. The average Bonchev–Trinajstić information content (AvgIpc) is 2.85. The molecule has 0 fully saturated rings. The predicted octanol–water partition coefficient (Wildman–Crippen LogP) is 4.82. The Morgan fingerprint density at radius 3 is 2.29 bits per heavy atom. The third-order valence-electron chi connectivity index (χ3n) is 2.97. The summed E-state index contributed by atoms with van der Waals surface area (Å²) in [5, 5.41) is 6.32. The molecule has 1 unspecified atom stereocenters. The minimum absolute atomic E-state index is 0.0354. The summed E-state index contributed by atoms with van der Waals surface area (Å²) < 4.78 is 1.13. The number of rotatable bonds is 5. The Hall–Kier alpha value is -1.33. The standard InChI is InChI=1S/C16H19BrN2OS/c1-10(2)18-16(20)12-4-6-13(7-5-12)19-11(3)14-8-9-15(17)21-14/h4-11,19H,1-3H3,(H,18,20). The molecule has 0 radical (unpaired) electrons. The highest BCUT2D eigenvalue weighted by molar-refractivity contribution is 9.11. The van der Waals surface area contributed by atoms with E-state index in [9.17, 15) is 4.79 Å². The molecule has 112 valence electrons. The maximum Gasteiger partial charge on any atom is 0.251 e. The van der Waals surface area contributed by atoms with Gasteiger partial charge in [0.25, 0.3) is 5.91 Å². The lowest BCUT2D eigenvalue weighted by Gasteiger charge is -2.14. The first kappa shape index (κ1) is 16.0. The molecule has 2 aromatic rings. The van der Waals surface area contributed by atoms with E-state index in [0.717, 1.165) is 9.47 Å². The Morgan fingerprint density at radius 2 is 1.76 bits per heavy atom. The molecule has 0 spiro atoms. The maximum atomic E-state index is 11.9. The number of carbonyl (C=O) groups is 1. The van der Waals surface area contributed by atoms with Crippen LogP contribution in [-0.4, -0.2) is 11.9 Å².